The summed E-state index contributed by atoms with van der Waals surface area (Å²) in [4.78, 5) is 4.22. The summed E-state index contributed by atoms with van der Waals surface area (Å²) in [7, 11) is 0. The Morgan fingerprint density at radius 1 is 1.35 bits per heavy atom. The fraction of sp³-hybridized carbons (Fsp3) is 0.154. The second-order valence-corrected chi connectivity index (χ2v) is 4.26. The monoisotopic (exact) mass is 250 g/mol. The summed E-state index contributed by atoms with van der Waals surface area (Å²) in [5, 5.41) is 0.448. The van der Waals surface area contributed by atoms with Crippen molar-refractivity contribution in [1.29, 1.82) is 0 Å². The number of pyridine rings is 1. The molecule has 2 N–H and O–H groups in total. The molecule has 1 aromatic carbocycles. The highest BCUT2D eigenvalue weighted by molar-refractivity contribution is 6.31. The van der Waals surface area contributed by atoms with Crippen LogP contribution in [0.25, 0.3) is 0 Å². The molecule has 0 spiro atoms. The van der Waals surface area contributed by atoms with Crippen LogP contribution in [0.5, 0.6) is 0 Å². The van der Waals surface area contributed by atoms with Crippen molar-refractivity contribution in [1.82, 2.24) is 4.98 Å². The quantitative estimate of drug-likeness (QED) is 0.889. The second-order valence-electron chi connectivity index (χ2n) is 3.85. The van der Waals surface area contributed by atoms with E-state index in [0.29, 0.717) is 16.3 Å². The molecule has 1 unspecified atom stereocenters. The topological polar surface area (TPSA) is 38.9 Å². The van der Waals surface area contributed by atoms with E-state index in [1.807, 2.05) is 19.1 Å². The fourth-order valence-electron chi connectivity index (χ4n) is 1.72. The lowest BCUT2D eigenvalue weighted by Crippen LogP contribution is -2.15. The van der Waals surface area contributed by atoms with E-state index in [0.717, 1.165) is 5.56 Å². The third-order valence-electron chi connectivity index (χ3n) is 2.64. The third-order valence-corrected chi connectivity index (χ3v) is 2.98. The van der Waals surface area contributed by atoms with Gasteiger partial charge in [0.2, 0.25) is 0 Å². The number of aryl methyl sites for hydroxylation is 1. The molecule has 2 aromatic rings. The van der Waals surface area contributed by atoms with Crippen LogP contribution >= 0.6 is 11.6 Å². The second kappa shape index (κ2) is 4.82. The maximum atomic E-state index is 13.2. The first kappa shape index (κ1) is 12.0. The van der Waals surface area contributed by atoms with Gasteiger partial charge in [-0.05, 0) is 42.3 Å². The molecule has 88 valence electrons. The van der Waals surface area contributed by atoms with Crippen LogP contribution in [0.4, 0.5) is 4.39 Å². The largest absolute Gasteiger partial charge is 0.319 e. The highest BCUT2D eigenvalue weighted by Crippen LogP contribution is 2.27. The molecule has 0 amide bonds. The van der Waals surface area contributed by atoms with Gasteiger partial charge >= 0.3 is 0 Å². The number of nitrogens with two attached hydrogens (primary N) is 1. The van der Waals surface area contributed by atoms with Gasteiger partial charge < -0.3 is 5.73 Å². The molecule has 0 saturated heterocycles. The van der Waals surface area contributed by atoms with E-state index >= 15 is 0 Å². The number of rotatable bonds is 2. The van der Waals surface area contributed by atoms with Crippen molar-refractivity contribution >= 4 is 11.6 Å². The van der Waals surface area contributed by atoms with Gasteiger partial charge in [0.1, 0.15) is 5.82 Å². The molecule has 0 bridgehead atoms. The predicted molar refractivity (Wildman–Crippen MR) is 66.4 cm³/mol. The molecular weight excluding hydrogens is 239 g/mol. The molecule has 0 saturated carbocycles. The summed E-state index contributed by atoms with van der Waals surface area (Å²) in [6.45, 7) is 1.91. The molecule has 1 atom stereocenters. The molecule has 0 fully saturated rings. The van der Waals surface area contributed by atoms with Crippen LogP contribution in [-0.2, 0) is 0 Å². The van der Waals surface area contributed by atoms with Gasteiger partial charge in [-0.2, -0.15) is 0 Å². The van der Waals surface area contributed by atoms with Crippen LogP contribution in [0.1, 0.15) is 22.9 Å². The zero-order chi connectivity index (χ0) is 12.4. The standard InChI is InChI=1S/C13H12ClFN2/c1-8-3-2-6-17-13(8)12(16)10-7-9(15)4-5-11(10)14/h2-7,12H,16H2,1H3. The summed E-state index contributed by atoms with van der Waals surface area (Å²) in [6, 6.07) is 7.39. The Morgan fingerprint density at radius 3 is 2.82 bits per heavy atom. The lowest BCUT2D eigenvalue weighted by molar-refractivity contribution is 0.623. The number of aromatic nitrogens is 1. The van der Waals surface area contributed by atoms with Crippen LogP contribution in [-0.4, -0.2) is 4.98 Å². The van der Waals surface area contributed by atoms with Gasteiger partial charge in [0.15, 0.2) is 0 Å². The van der Waals surface area contributed by atoms with Gasteiger partial charge in [-0.15, -0.1) is 0 Å². The van der Waals surface area contributed by atoms with Crippen molar-refractivity contribution in [2.75, 3.05) is 0 Å². The van der Waals surface area contributed by atoms with Gasteiger partial charge in [0.25, 0.3) is 0 Å². The van der Waals surface area contributed by atoms with Gasteiger partial charge in [-0.25, -0.2) is 4.39 Å². The Bertz CT molecular complexity index is 543. The van der Waals surface area contributed by atoms with E-state index in [2.05, 4.69) is 4.98 Å². The van der Waals surface area contributed by atoms with E-state index in [9.17, 15) is 4.39 Å². The first-order valence-electron chi connectivity index (χ1n) is 5.21. The predicted octanol–water partition coefficient (Wildman–Crippen LogP) is 3.23. The summed E-state index contributed by atoms with van der Waals surface area (Å²) in [5.41, 5.74) is 8.29. The summed E-state index contributed by atoms with van der Waals surface area (Å²) in [6.07, 6.45) is 1.66. The average molecular weight is 251 g/mol. The Balaban J connectivity index is 2.47. The van der Waals surface area contributed by atoms with Crippen LogP contribution in [0.3, 0.4) is 0 Å². The van der Waals surface area contributed by atoms with Gasteiger partial charge in [0, 0.05) is 11.2 Å². The first-order valence-corrected chi connectivity index (χ1v) is 5.59. The summed E-state index contributed by atoms with van der Waals surface area (Å²) >= 11 is 6.02. The first-order chi connectivity index (χ1) is 8.09. The highest BCUT2D eigenvalue weighted by Gasteiger charge is 2.16. The number of nitrogens with zero attached hydrogens (tertiary/aromatic N) is 1. The minimum atomic E-state index is -0.514. The number of halogens is 2. The van der Waals surface area contributed by atoms with Crippen LogP contribution in [0, 0.1) is 12.7 Å². The smallest absolute Gasteiger partial charge is 0.123 e. The summed E-state index contributed by atoms with van der Waals surface area (Å²) < 4.78 is 13.2. The average Bonchev–Trinajstić information content (AvgIpc) is 2.32. The maximum Gasteiger partial charge on any atom is 0.123 e. The van der Waals surface area contributed by atoms with E-state index in [4.69, 9.17) is 17.3 Å². The van der Waals surface area contributed by atoms with Gasteiger partial charge in [-0.1, -0.05) is 17.7 Å². The Labute approximate surface area is 104 Å². The van der Waals surface area contributed by atoms with Crippen LogP contribution in [0.2, 0.25) is 5.02 Å². The van der Waals surface area contributed by atoms with Crippen molar-refractivity contribution in [2.45, 2.75) is 13.0 Å². The van der Waals surface area contributed by atoms with Crippen LogP contribution < -0.4 is 5.73 Å². The minimum Gasteiger partial charge on any atom is -0.319 e. The molecule has 2 rings (SSSR count). The maximum absolute atomic E-state index is 13.2. The normalized spacial score (nSPS) is 12.5. The van der Waals surface area contributed by atoms with Gasteiger partial charge in [-0.3, -0.25) is 4.98 Å². The Hall–Kier alpha value is -1.45. The van der Waals surface area contributed by atoms with E-state index in [1.165, 1.54) is 18.2 Å². The molecule has 2 nitrogen and oxygen atoms in total. The third kappa shape index (κ3) is 2.46. The number of hydrogen-bond acceptors (Lipinski definition) is 2. The van der Waals surface area contributed by atoms with Crippen molar-refractivity contribution in [3.05, 3.63) is 64.2 Å². The number of hydrogen-bond donors (Lipinski definition) is 1. The molecule has 4 heteroatoms. The molecule has 0 aliphatic carbocycles. The Kier molecular flexibility index (Phi) is 3.41. The van der Waals surface area contributed by atoms with E-state index < -0.39 is 6.04 Å². The molecule has 1 aromatic heterocycles. The molecule has 1 heterocycles. The van der Waals surface area contributed by atoms with Crippen LogP contribution in [0.15, 0.2) is 36.5 Å². The molecule has 0 aliphatic rings. The van der Waals surface area contributed by atoms with E-state index in [1.54, 1.807) is 6.20 Å². The number of benzene rings is 1. The SMILES string of the molecule is Cc1cccnc1C(N)c1cc(F)ccc1Cl. The lowest BCUT2D eigenvalue weighted by atomic mass is 10.0. The zero-order valence-electron chi connectivity index (χ0n) is 9.32. The zero-order valence-corrected chi connectivity index (χ0v) is 10.1. The van der Waals surface area contributed by atoms with Crippen molar-refractivity contribution in [3.8, 4) is 0 Å². The molecule has 17 heavy (non-hydrogen) atoms. The molecule has 0 radical (unpaired) electrons. The highest BCUT2D eigenvalue weighted by atomic mass is 35.5. The van der Waals surface area contributed by atoms with Gasteiger partial charge in [0.05, 0.1) is 11.7 Å². The fourth-order valence-corrected chi connectivity index (χ4v) is 1.96. The van der Waals surface area contributed by atoms with Crippen molar-refractivity contribution in [2.24, 2.45) is 5.73 Å². The van der Waals surface area contributed by atoms with E-state index in [-0.39, 0.29) is 5.82 Å². The molecule has 0 aliphatic heterocycles. The van der Waals surface area contributed by atoms with Crippen molar-refractivity contribution in [3.63, 3.8) is 0 Å². The summed E-state index contributed by atoms with van der Waals surface area (Å²) in [5.74, 6) is -0.353. The molecular formula is C13H12ClFN2. The lowest BCUT2D eigenvalue weighted by Gasteiger charge is -2.15. The minimum absolute atomic E-state index is 0.353. The van der Waals surface area contributed by atoms with Crippen molar-refractivity contribution < 1.29 is 4.39 Å². The Morgan fingerprint density at radius 2 is 2.12 bits per heavy atom.